The van der Waals surface area contributed by atoms with E-state index in [1.807, 2.05) is 85.9 Å². The van der Waals surface area contributed by atoms with Gasteiger partial charge in [0.2, 0.25) is 5.91 Å². The Morgan fingerprint density at radius 1 is 1.03 bits per heavy atom. The number of rotatable bonds is 6. The number of hydrogen-bond donors (Lipinski definition) is 1. The normalized spacial score (nSPS) is 11.1. The molecule has 3 aromatic carbocycles. The van der Waals surface area contributed by atoms with Gasteiger partial charge in [-0.3, -0.25) is 9.69 Å². The largest absolute Gasteiger partial charge is 0.492 e. The highest BCUT2D eigenvalue weighted by Crippen LogP contribution is 2.38. The summed E-state index contributed by atoms with van der Waals surface area (Å²) in [6.07, 6.45) is 2.16. The topological polar surface area (TPSA) is 58.2 Å². The molecule has 0 aliphatic heterocycles. The maximum Gasteiger partial charge on any atom is 0.237 e. The zero-order valence-electron chi connectivity index (χ0n) is 17.0. The van der Waals surface area contributed by atoms with Crippen LogP contribution in [-0.2, 0) is 11.2 Å². The summed E-state index contributed by atoms with van der Waals surface area (Å²) in [5, 5.41) is 1.69. The predicted molar refractivity (Wildman–Crippen MR) is 126 cm³/mol. The van der Waals surface area contributed by atoms with Crippen LogP contribution in [0.3, 0.4) is 0 Å². The fraction of sp³-hybridized carbons (Fsp3) is 0.120. The molecular formula is C25H21N3O2S. The third-order valence-electron chi connectivity index (χ3n) is 5.15. The number of H-pyrrole nitrogens is 1. The quantitative estimate of drug-likeness (QED) is 0.357. The molecule has 1 N–H and O–H groups in total. The van der Waals surface area contributed by atoms with Gasteiger partial charge in [-0.15, -0.1) is 0 Å². The molecule has 0 saturated carbocycles. The molecule has 6 heteroatoms. The summed E-state index contributed by atoms with van der Waals surface area (Å²) in [6, 6.07) is 23.6. The lowest BCUT2D eigenvalue weighted by atomic mass is 10.1. The van der Waals surface area contributed by atoms with E-state index >= 15 is 0 Å². The molecule has 2 heterocycles. The first-order valence-electron chi connectivity index (χ1n) is 10.2. The monoisotopic (exact) mass is 427 g/mol. The molecule has 1 amide bonds. The lowest BCUT2D eigenvalue weighted by molar-refractivity contribution is -0.117. The molecule has 0 atom stereocenters. The van der Waals surface area contributed by atoms with Crippen LogP contribution in [0.15, 0.2) is 79.0 Å². The zero-order valence-corrected chi connectivity index (χ0v) is 17.9. The number of benzene rings is 3. The van der Waals surface area contributed by atoms with Crippen LogP contribution >= 0.6 is 11.3 Å². The van der Waals surface area contributed by atoms with Crippen molar-refractivity contribution < 1.29 is 9.53 Å². The molecule has 5 aromatic rings. The predicted octanol–water partition coefficient (Wildman–Crippen LogP) is 6.08. The number of fused-ring (bicyclic) bond motifs is 2. The fourth-order valence-corrected chi connectivity index (χ4v) is 4.74. The Morgan fingerprint density at radius 3 is 2.68 bits per heavy atom. The van der Waals surface area contributed by atoms with Gasteiger partial charge in [0.05, 0.1) is 28.9 Å². The van der Waals surface area contributed by atoms with E-state index in [9.17, 15) is 4.79 Å². The van der Waals surface area contributed by atoms with Gasteiger partial charge < -0.3 is 9.72 Å². The average Bonchev–Trinajstić information content (AvgIpc) is 3.39. The number of thiazole rings is 1. The highest BCUT2D eigenvalue weighted by Gasteiger charge is 2.25. The smallest absolute Gasteiger partial charge is 0.237 e. The molecule has 154 valence electrons. The lowest BCUT2D eigenvalue weighted by Crippen LogP contribution is -2.28. The van der Waals surface area contributed by atoms with Crippen molar-refractivity contribution in [2.45, 2.75) is 13.3 Å². The minimum Gasteiger partial charge on any atom is -0.492 e. The second-order valence-corrected chi connectivity index (χ2v) is 8.14. The van der Waals surface area contributed by atoms with Gasteiger partial charge in [-0.05, 0) is 42.8 Å². The molecule has 0 aliphatic carbocycles. The molecule has 0 radical (unpaired) electrons. The summed E-state index contributed by atoms with van der Waals surface area (Å²) < 4.78 is 6.88. The van der Waals surface area contributed by atoms with Crippen molar-refractivity contribution in [3.8, 4) is 5.75 Å². The number of aromatic amines is 1. The second kappa shape index (κ2) is 8.24. The van der Waals surface area contributed by atoms with Crippen LogP contribution in [0, 0.1) is 0 Å². The van der Waals surface area contributed by atoms with E-state index in [-0.39, 0.29) is 12.3 Å². The number of carbonyl (C=O) groups is 1. The van der Waals surface area contributed by atoms with Crippen molar-refractivity contribution in [2.75, 3.05) is 11.5 Å². The Hall–Kier alpha value is -3.64. The third-order valence-corrected chi connectivity index (χ3v) is 6.17. The van der Waals surface area contributed by atoms with Crippen molar-refractivity contribution in [1.29, 1.82) is 0 Å². The fourth-order valence-electron chi connectivity index (χ4n) is 3.74. The van der Waals surface area contributed by atoms with Gasteiger partial charge in [0.25, 0.3) is 0 Å². The van der Waals surface area contributed by atoms with Gasteiger partial charge >= 0.3 is 0 Å². The van der Waals surface area contributed by atoms with Crippen LogP contribution in [0.2, 0.25) is 0 Å². The molecule has 31 heavy (non-hydrogen) atoms. The van der Waals surface area contributed by atoms with Gasteiger partial charge in [0.15, 0.2) is 5.13 Å². The molecule has 0 aliphatic rings. The van der Waals surface area contributed by atoms with Crippen LogP contribution < -0.4 is 9.64 Å². The Kier molecular flexibility index (Phi) is 5.14. The molecule has 0 unspecified atom stereocenters. The number of nitrogens with zero attached hydrogens (tertiary/aromatic N) is 2. The SMILES string of the molecule is CCOc1ccccc1N(C(=O)Cc1c[nH]c2ccccc12)c1nc2ccccc2s1. The second-order valence-electron chi connectivity index (χ2n) is 7.13. The van der Waals surface area contributed by atoms with Crippen LogP contribution in [0.1, 0.15) is 12.5 Å². The first-order valence-corrected chi connectivity index (χ1v) is 11.0. The molecule has 5 rings (SSSR count). The Labute approximate surface area is 183 Å². The first-order chi connectivity index (χ1) is 15.2. The highest BCUT2D eigenvalue weighted by molar-refractivity contribution is 7.22. The van der Waals surface area contributed by atoms with Gasteiger partial charge in [-0.2, -0.15) is 0 Å². The number of ether oxygens (including phenoxy) is 1. The van der Waals surface area contributed by atoms with Crippen LogP contribution in [0.4, 0.5) is 10.8 Å². The average molecular weight is 428 g/mol. The minimum absolute atomic E-state index is 0.0593. The molecule has 5 nitrogen and oxygen atoms in total. The number of nitrogens with one attached hydrogen (secondary N) is 1. The summed E-state index contributed by atoms with van der Waals surface area (Å²) in [6.45, 7) is 2.45. The Bertz CT molecular complexity index is 1340. The summed E-state index contributed by atoms with van der Waals surface area (Å²) in [7, 11) is 0. The van der Waals surface area contributed by atoms with Crippen molar-refractivity contribution in [2.24, 2.45) is 0 Å². The first kappa shape index (κ1) is 19.3. The van der Waals surface area contributed by atoms with E-state index in [2.05, 4.69) is 4.98 Å². The van der Waals surface area contributed by atoms with Crippen molar-refractivity contribution in [3.05, 3.63) is 84.6 Å². The van der Waals surface area contributed by atoms with Crippen molar-refractivity contribution in [1.82, 2.24) is 9.97 Å². The molecule has 0 spiro atoms. The zero-order chi connectivity index (χ0) is 21.2. The number of para-hydroxylation sites is 4. The lowest BCUT2D eigenvalue weighted by Gasteiger charge is -2.22. The van der Waals surface area contributed by atoms with E-state index in [1.54, 1.807) is 4.90 Å². The number of anilines is 2. The third kappa shape index (κ3) is 3.66. The van der Waals surface area contributed by atoms with E-state index < -0.39 is 0 Å². The van der Waals surface area contributed by atoms with E-state index in [4.69, 9.17) is 9.72 Å². The summed E-state index contributed by atoms with van der Waals surface area (Å²) in [5.74, 6) is 0.604. The van der Waals surface area contributed by atoms with E-state index in [0.717, 1.165) is 26.7 Å². The maximum absolute atomic E-state index is 13.7. The molecule has 0 fully saturated rings. The van der Waals surface area contributed by atoms with E-state index in [1.165, 1.54) is 11.3 Å². The molecular weight excluding hydrogens is 406 g/mol. The number of amides is 1. The number of aromatic nitrogens is 2. The van der Waals surface area contributed by atoms with Gasteiger partial charge in [0, 0.05) is 17.1 Å². The minimum atomic E-state index is -0.0593. The standard InChI is InChI=1S/C25H21N3O2S/c1-2-30-22-13-7-6-12-21(22)28(25-27-20-11-5-8-14-23(20)31-25)24(29)15-17-16-26-19-10-4-3-9-18(17)19/h3-14,16,26H,2,15H2,1H3. The maximum atomic E-state index is 13.7. The Balaban J connectivity index is 1.60. The number of hydrogen-bond acceptors (Lipinski definition) is 4. The molecule has 0 bridgehead atoms. The van der Waals surface area contributed by atoms with Gasteiger partial charge in [-0.25, -0.2) is 4.98 Å². The molecule has 2 aromatic heterocycles. The summed E-state index contributed by atoms with van der Waals surface area (Å²) in [5.41, 5.74) is 3.56. The van der Waals surface area contributed by atoms with Crippen LogP contribution in [0.5, 0.6) is 5.75 Å². The van der Waals surface area contributed by atoms with Crippen LogP contribution in [0.25, 0.3) is 21.1 Å². The van der Waals surface area contributed by atoms with Gasteiger partial charge in [-0.1, -0.05) is 53.8 Å². The molecule has 0 saturated heterocycles. The van der Waals surface area contributed by atoms with Gasteiger partial charge in [0.1, 0.15) is 5.75 Å². The van der Waals surface area contributed by atoms with Crippen LogP contribution in [-0.4, -0.2) is 22.5 Å². The van der Waals surface area contributed by atoms with Crippen molar-refractivity contribution >= 4 is 49.2 Å². The van der Waals surface area contributed by atoms with E-state index in [0.29, 0.717) is 23.2 Å². The highest BCUT2D eigenvalue weighted by atomic mass is 32.1. The number of carbonyl (C=O) groups excluding carboxylic acids is 1. The summed E-state index contributed by atoms with van der Waals surface area (Å²) in [4.78, 5) is 23.4. The summed E-state index contributed by atoms with van der Waals surface area (Å²) >= 11 is 1.50. The van der Waals surface area contributed by atoms with Crippen molar-refractivity contribution in [3.63, 3.8) is 0 Å². The Morgan fingerprint density at radius 2 is 1.81 bits per heavy atom.